The molecule has 1 saturated heterocycles. The molecule has 71 heavy (non-hydrogen) atoms. The molecule has 20 heteroatoms. The van der Waals surface area contributed by atoms with Gasteiger partial charge in [-0.25, -0.2) is 0 Å². The maximum Gasteiger partial charge on any atom is 0.311 e. The van der Waals surface area contributed by atoms with Crippen LogP contribution in [0.4, 0.5) is 0 Å². The van der Waals surface area contributed by atoms with Crippen molar-refractivity contribution in [1.29, 1.82) is 0 Å². The number of cyclic esters (lactones) is 1. The monoisotopic (exact) mass is 999 g/mol. The average molecular weight is 999 g/mol. The zero-order valence-electron chi connectivity index (χ0n) is 45.1. The molecule has 0 bridgehead atoms. The van der Waals surface area contributed by atoms with Gasteiger partial charge in [-0.3, -0.25) is 47.9 Å². The van der Waals surface area contributed by atoms with Crippen molar-refractivity contribution in [2.75, 3.05) is 48.4 Å². The highest BCUT2D eigenvalue weighted by Crippen LogP contribution is 2.25. The number of carbonyl (C=O) groups is 10. The fourth-order valence-electron chi connectivity index (χ4n) is 8.40. The molecular formula is C51H82N8O12. The van der Waals surface area contributed by atoms with E-state index in [1.54, 1.807) is 58.9 Å². The van der Waals surface area contributed by atoms with Gasteiger partial charge in [0.15, 0.2) is 11.9 Å². The maximum absolute atomic E-state index is 14.6. The Kier molecular flexibility index (Phi) is 23.2. The number of benzene rings is 1. The van der Waals surface area contributed by atoms with Gasteiger partial charge in [-0.2, -0.15) is 0 Å². The van der Waals surface area contributed by atoms with E-state index < -0.39 is 138 Å². The Balaban J connectivity index is 2.72. The molecule has 0 saturated carbocycles. The molecule has 0 radical (unpaired) electrons. The predicted octanol–water partition coefficient (Wildman–Crippen LogP) is 2.10. The van der Waals surface area contributed by atoms with Crippen molar-refractivity contribution in [3.63, 3.8) is 0 Å². The molecule has 8 amide bonds. The van der Waals surface area contributed by atoms with Gasteiger partial charge in [0.25, 0.3) is 5.91 Å². The highest BCUT2D eigenvalue weighted by molar-refractivity contribution is 6.09. The number of likely N-dealkylation sites (N-methyl/N-ethyl adjacent to an activating group) is 4. The topological polar surface area (TPSA) is 250 Å². The van der Waals surface area contributed by atoms with Gasteiger partial charge in [0, 0.05) is 46.6 Å². The Hall–Kier alpha value is -6.08. The first-order chi connectivity index (χ1) is 33.0. The first kappa shape index (κ1) is 61.0. The Morgan fingerprint density at radius 1 is 0.704 bits per heavy atom. The molecule has 2 rings (SSSR count). The molecule has 4 N–H and O–H groups in total. The van der Waals surface area contributed by atoms with Crippen molar-refractivity contribution in [2.45, 2.75) is 151 Å². The van der Waals surface area contributed by atoms with Gasteiger partial charge in [0.05, 0.1) is 32.2 Å². The molecular weight excluding hydrogens is 917 g/mol. The Morgan fingerprint density at radius 2 is 1.25 bits per heavy atom. The molecule has 1 aliphatic rings. The van der Waals surface area contributed by atoms with E-state index in [1.165, 1.54) is 84.6 Å². The third kappa shape index (κ3) is 16.0. The summed E-state index contributed by atoms with van der Waals surface area (Å²) in [5.41, 5.74) is -1.15. The van der Waals surface area contributed by atoms with Crippen molar-refractivity contribution in [3.05, 3.63) is 29.8 Å². The molecule has 1 aromatic carbocycles. The van der Waals surface area contributed by atoms with Crippen LogP contribution in [-0.2, 0) is 59.1 Å². The van der Waals surface area contributed by atoms with E-state index in [9.17, 15) is 47.9 Å². The summed E-state index contributed by atoms with van der Waals surface area (Å²) in [5, 5.41) is 10.7. The molecule has 4 unspecified atom stereocenters. The summed E-state index contributed by atoms with van der Waals surface area (Å²) in [6, 6.07) is 0.125. The summed E-state index contributed by atoms with van der Waals surface area (Å²) in [5.74, 6) is -8.41. The van der Waals surface area contributed by atoms with Gasteiger partial charge in [0.2, 0.25) is 41.4 Å². The number of hydrogen-bond donors (Lipinski definition) is 4. The summed E-state index contributed by atoms with van der Waals surface area (Å²) < 4.78 is 11.1. The Bertz CT molecular complexity index is 2080. The standard InChI is InChI=1S/C51H82N8O12/c1-18-30(7)42-47(66)53-26-39(60)57(14)37(24-28(3)4)45(64)52-27-40(61)59(16)41(29(5)6)48(67)58(15)38(25-34-20-22-35(70-17)23-21-34)46(65)54-32(9)43(62)51(11,12)50(69)56(13)33(10)44(63)55-36(19-2)31(8)49(68)71-42/h20-23,28-33,36-38,41-42H,18-19,24-27H2,1-17H3,(H,52,64)(H,53,66)(H,54,65)(H,55,63)/t30?,31-,32+,33-,36?,37-,38?,41-,42?/m0/s1. The van der Waals surface area contributed by atoms with Gasteiger partial charge in [-0.1, -0.05) is 60.6 Å². The van der Waals surface area contributed by atoms with Crippen molar-refractivity contribution >= 4 is 59.0 Å². The van der Waals surface area contributed by atoms with E-state index >= 15 is 0 Å². The highest BCUT2D eigenvalue weighted by Gasteiger charge is 2.45. The van der Waals surface area contributed by atoms with Gasteiger partial charge in [-0.05, 0) is 83.4 Å². The number of carbonyl (C=O) groups excluding carboxylic acids is 10. The second kappa shape index (κ2) is 26.9. The number of ketones is 1. The number of nitrogens with zero attached hydrogens (tertiary/aromatic N) is 4. The number of hydrogen-bond acceptors (Lipinski definition) is 12. The van der Waals surface area contributed by atoms with Gasteiger partial charge in [-0.15, -0.1) is 0 Å². The summed E-state index contributed by atoms with van der Waals surface area (Å²) in [6.45, 7) is 18.5. The fourth-order valence-corrected chi connectivity index (χ4v) is 8.40. The predicted molar refractivity (Wildman–Crippen MR) is 266 cm³/mol. The van der Waals surface area contributed by atoms with Gasteiger partial charge >= 0.3 is 5.97 Å². The lowest BCUT2D eigenvalue weighted by Gasteiger charge is -2.37. The van der Waals surface area contributed by atoms with Crippen molar-refractivity contribution < 1.29 is 57.4 Å². The second-order valence-electron chi connectivity index (χ2n) is 20.2. The third-order valence-electron chi connectivity index (χ3n) is 13.7. The van der Waals surface area contributed by atoms with Crippen LogP contribution in [0.15, 0.2) is 24.3 Å². The number of Topliss-reactive ketones (excluding diaryl/α,β-unsaturated/α-hetero) is 1. The zero-order valence-corrected chi connectivity index (χ0v) is 45.1. The summed E-state index contributed by atoms with van der Waals surface area (Å²) in [7, 11) is 7.09. The van der Waals surface area contributed by atoms with Crippen LogP contribution in [0.25, 0.3) is 0 Å². The van der Waals surface area contributed by atoms with Crippen LogP contribution in [0, 0.1) is 29.1 Å². The van der Waals surface area contributed by atoms with Crippen LogP contribution >= 0.6 is 0 Å². The third-order valence-corrected chi connectivity index (χ3v) is 13.7. The molecule has 1 aromatic rings. The van der Waals surface area contributed by atoms with Crippen LogP contribution in [0.2, 0.25) is 0 Å². The van der Waals surface area contributed by atoms with E-state index in [1.807, 2.05) is 13.8 Å². The quantitative estimate of drug-likeness (QED) is 0.205. The lowest BCUT2D eigenvalue weighted by molar-refractivity contribution is -0.164. The molecule has 1 aliphatic heterocycles. The number of amides is 8. The SMILES string of the molecule is CCC(C)C1OC(=O)[C@@H](C)C(CC)NC(=O)[C@H](C)N(C)C(=O)C(C)(C)C(=O)[C@@H](C)NC(=O)C(Cc2ccc(OC)cc2)N(C)C(=O)[C@H](C(C)C)N(C)C(=O)CNC(=O)[C@H](CC(C)C)N(C)C(=O)CNC1=O. The van der Waals surface area contributed by atoms with Crippen molar-refractivity contribution in [2.24, 2.45) is 29.1 Å². The lowest BCUT2D eigenvalue weighted by Crippen LogP contribution is -2.60. The van der Waals surface area contributed by atoms with E-state index in [0.717, 1.165) is 4.90 Å². The Morgan fingerprint density at radius 3 is 1.76 bits per heavy atom. The minimum absolute atomic E-state index is 0.0319. The Labute approximate surface area is 420 Å². The van der Waals surface area contributed by atoms with Gasteiger partial charge < -0.3 is 50.3 Å². The summed E-state index contributed by atoms with van der Waals surface area (Å²) >= 11 is 0. The molecule has 9 atom stereocenters. The summed E-state index contributed by atoms with van der Waals surface area (Å²) in [6.07, 6.45) is -0.495. The van der Waals surface area contributed by atoms with E-state index in [-0.39, 0.29) is 25.2 Å². The molecule has 1 heterocycles. The first-order valence-electron chi connectivity index (χ1n) is 24.6. The van der Waals surface area contributed by atoms with Crippen LogP contribution < -0.4 is 26.0 Å². The van der Waals surface area contributed by atoms with Crippen LogP contribution in [-0.4, -0.2) is 169 Å². The number of rotatable bonds is 9. The maximum atomic E-state index is 14.6. The van der Waals surface area contributed by atoms with Crippen LogP contribution in [0.5, 0.6) is 5.75 Å². The molecule has 20 nitrogen and oxygen atoms in total. The first-order valence-corrected chi connectivity index (χ1v) is 24.6. The second-order valence-corrected chi connectivity index (χ2v) is 20.2. The minimum Gasteiger partial charge on any atom is -0.497 e. The average Bonchev–Trinajstić information content (AvgIpc) is 3.33. The number of methoxy groups -OCH3 is 1. The highest BCUT2D eigenvalue weighted by atomic mass is 16.5. The van der Waals surface area contributed by atoms with Gasteiger partial charge in [0.1, 0.15) is 35.3 Å². The smallest absolute Gasteiger partial charge is 0.311 e. The molecule has 1 fully saturated rings. The zero-order chi connectivity index (χ0) is 54.4. The number of esters is 1. The normalized spacial score (nSPS) is 26.7. The van der Waals surface area contributed by atoms with E-state index in [0.29, 0.717) is 17.7 Å². The molecule has 0 aromatic heterocycles. The summed E-state index contributed by atoms with van der Waals surface area (Å²) in [4.78, 5) is 145. The van der Waals surface area contributed by atoms with E-state index in [4.69, 9.17) is 9.47 Å². The fraction of sp³-hybridized carbons (Fsp3) is 0.686. The molecule has 398 valence electrons. The van der Waals surface area contributed by atoms with Crippen LogP contribution in [0.3, 0.4) is 0 Å². The molecule has 0 aliphatic carbocycles. The largest absolute Gasteiger partial charge is 0.497 e. The molecule has 0 spiro atoms. The van der Waals surface area contributed by atoms with Crippen molar-refractivity contribution in [1.82, 2.24) is 40.9 Å². The van der Waals surface area contributed by atoms with E-state index in [2.05, 4.69) is 21.3 Å². The van der Waals surface area contributed by atoms with Crippen molar-refractivity contribution in [3.8, 4) is 5.75 Å². The minimum atomic E-state index is -1.79. The van der Waals surface area contributed by atoms with Crippen LogP contribution in [0.1, 0.15) is 108 Å². The lowest BCUT2D eigenvalue weighted by atomic mass is 9.82. The number of nitrogens with one attached hydrogen (secondary N) is 4. The number of ether oxygens (including phenoxy) is 2.